The molecule has 3 rings (SSSR count). The number of para-hydroxylation sites is 2. The van der Waals surface area contributed by atoms with Gasteiger partial charge in [-0.2, -0.15) is 0 Å². The summed E-state index contributed by atoms with van der Waals surface area (Å²) in [6, 6.07) is 20.5. The molecule has 0 fully saturated rings. The molecule has 0 heterocycles. The summed E-state index contributed by atoms with van der Waals surface area (Å²) in [5.74, 6) is -1.02. The summed E-state index contributed by atoms with van der Waals surface area (Å²) >= 11 is 0. The highest BCUT2D eigenvalue weighted by atomic mass is 16.6. The van der Waals surface area contributed by atoms with Gasteiger partial charge in [-0.05, 0) is 46.5 Å². The fraction of sp³-hybridized carbons (Fsp3) is 0.0769. The largest absolute Gasteiger partial charge is 0.419 e. The first kappa shape index (κ1) is 22.7. The minimum absolute atomic E-state index is 0.0489. The average Bonchev–Trinajstić information content (AvgIpc) is 2.83. The zero-order valence-electron chi connectivity index (χ0n) is 17.2. The van der Waals surface area contributed by atoms with E-state index in [0.717, 1.165) is 22.3 Å². The fourth-order valence-electron chi connectivity index (χ4n) is 2.70. The Morgan fingerprint density at radius 3 is 1.34 bits per heavy atom. The Morgan fingerprint density at radius 1 is 0.625 bits per heavy atom. The van der Waals surface area contributed by atoms with Gasteiger partial charge < -0.3 is 19.7 Å². The van der Waals surface area contributed by atoms with Gasteiger partial charge in [-0.25, -0.2) is 9.59 Å². The second-order valence-corrected chi connectivity index (χ2v) is 6.75. The minimum atomic E-state index is -0.626. The number of benzene rings is 3. The van der Waals surface area contributed by atoms with Gasteiger partial charge in [-0.15, -0.1) is 0 Å². The number of carbonyl (C=O) groups is 2. The third-order valence-electron chi connectivity index (χ3n) is 4.42. The van der Waals surface area contributed by atoms with Crippen molar-refractivity contribution >= 4 is 24.1 Å². The van der Waals surface area contributed by atoms with E-state index < -0.39 is 11.9 Å². The summed E-state index contributed by atoms with van der Waals surface area (Å²) in [4.78, 5) is 24.4. The van der Waals surface area contributed by atoms with Crippen molar-refractivity contribution in [2.45, 2.75) is 13.2 Å². The molecule has 162 valence electrons. The van der Waals surface area contributed by atoms with Crippen LogP contribution in [0.1, 0.15) is 22.3 Å². The van der Waals surface area contributed by atoms with Gasteiger partial charge in [0.15, 0.2) is 11.5 Å². The molecule has 0 unspecified atom stereocenters. The third-order valence-corrected chi connectivity index (χ3v) is 4.42. The first-order valence-corrected chi connectivity index (χ1v) is 9.86. The van der Waals surface area contributed by atoms with Crippen molar-refractivity contribution in [2.75, 3.05) is 0 Å². The molecule has 0 aliphatic carbocycles. The van der Waals surface area contributed by atoms with Gasteiger partial charge in [0.1, 0.15) is 0 Å². The number of rotatable bonds is 8. The molecule has 3 aromatic rings. The van der Waals surface area contributed by atoms with Crippen molar-refractivity contribution in [1.29, 1.82) is 0 Å². The lowest BCUT2D eigenvalue weighted by atomic mass is 10.1. The number of aliphatic hydroxyl groups is 2. The molecule has 0 aromatic heterocycles. The van der Waals surface area contributed by atoms with Gasteiger partial charge in [-0.3, -0.25) is 0 Å². The topological polar surface area (TPSA) is 93.1 Å². The molecule has 0 spiro atoms. The van der Waals surface area contributed by atoms with Crippen molar-refractivity contribution in [2.24, 2.45) is 0 Å². The minimum Gasteiger partial charge on any atom is -0.419 e. The smallest absolute Gasteiger partial charge is 0.336 e. The fourth-order valence-corrected chi connectivity index (χ4v) is 2.70. The Labute approximate surface area is 185 Å². The van der Waals surface area contributed by atoms with Crippen LogP contribution in [0.2, 0.25) is 0 Å². The summed E-state index contributed by atoms with van der Waals surface area (Å²) in [5, 5.41) is 18.1. The van der Waals surface area contributed by atoms with E-state index in [9.17, 15) is 9.59 Å². The van der Waals surface area contributed by atoms with E-state index in [1.807, 2.05) is 0 Å². The highest BCUT2D eigenvalue weighted by molar-refractivity contribution is 5.91. The van der Waals surface area contributed by atoms with Gasteiger partial charge in [0.2, 0.25) is 0 Å². The highest BCUT2D eigenvalue weighted by Gasteiger charge is 2.10. The van der Waals surface area contributed by atoms with Gasteiger partial charge in [-0.1, -0.05) is 60.7 Å². The van der Waals surface area contributed by atoms with Crippen LogP contribution >= 0.6 is 0 Å². The van der Waals surface area contributed by atoms with Crippen molar-refractivity contribution < 1.29 is 29.3 Å². The highest BCUT2D eigenvalue weighted by Crippen LogP contribution is 2.27. The van der Waals surface area contributed by atoms with E-state index in [1.54, 1.807) is 72.8 Å². The molecular formula is C26H22O6. The molecule has 0 bridgehead atoms. The second kappa shape index (κ2) is 11.4. The molecule has 6 nitrogen and oxygen atoms in total. The molecule has 0 saturated heterocycles. The van der Waals surface area contributed by atoms with Crippen molar-refractivity contribution in [3.05, 3.63) is 107 Å². The predicted octanol–water partition coefficient (Wildman–Crippen LogP) is 3.91. The van der Waals surface area contributed by atoms with Gasteiger partial charge in [0, 0.05) is 12.2 Å². The van der Waals surface area contributed by atoms with E-state index >= 15 is 0 Å². The van der Waals surface area contributed by atoms with Crippen LogP contribution in [0.5, 0.6) is 11.5 Å². The lowest BCUT2D eigenvalue weighted by Gasteiger charge is -2.08. The Kier molecular flexibility index (Phi) is 8.09. The average molecular weight is 430 g/mol. The quantitative estimate of drug-likeness (QED) is 0.320. The molecule has 0 radical (unpaired) electrons. The van der Waals surface area contributed by atoms with Gasteiger partial charge >= 0.3 is 11.9 Å². The standard InChI is InChI=1S/C26H22O6/c27-17-21-9-5-19(6-10-21)13-15-25(29)31-23-3-1-2-4-24(23)32-26(30)16-14-20-7-11-22(18-28)12-8-20/h1-16,27-28H,17-18H2/b15-13+,16-14+. The van der Waals surface area contributed by atoms with Crippen LogP contribution in [-0.4, -0.2) is 22.2 Å². The van der Waals surface area contributed by atoms with E-state index in [1.165, 1.54) is 24.3 Å². The van der Waals surface area contributed by atoms with Crippen molar-refractivity contribution in [3.8, 4) is 11.5 Å². The summed E-state index contributed by atoms with van der Waals surface area (Å²) in [6.07, 6.45) is 5.71. The van der Waals surface area contributed by atoms with Crippen LogP contribution in [0.4, 0.5) is 0 Å². The normalized spacial score (nSPS) is 11.1. The first-order chi connectivity index (χ1) is 15.6. The molecule has 3 aromatic carbocycles. The SMILES string of the molecule is O=C(/C=C/c1ccc(CO)cc1)Oc1ccccc1OC(=O)/C=C/c1ccc(CO)cc1. The summed E-state index contributed by atoms with van der Waals surface area (Å²) in [6.45, 7) is -0.0978. The van der Waals surface area contributed by atoms with E-state index in [4.69, 9.17) is 19.7 Å². The summed E-state index contributed by atoms with van der Waals surface area (Å²) in [7, 11) is 0. The Hall–Kier alpha value is -4.00. The van der Waals surface area contributed by atoms with Gasteiger partial charge in [0.05, 0.1) is 13.2 Å². The molecule has 0 amide bonds. The Balaban J connectivity index is 1.61. The maximum atomic E-state index is 12.2. The van der Waals surface area contributed by atoms with Crippen LogP contribution < -0.4 is 9.47 Å². The molecule has 0 aliphatic heterocycles. The zero-order chi connectivity index (χ0) is 22.8. The van der Waals surface area contributed by atoms with E-state index in [-0.39, 0.29) is 24.7 Å². The number of aliphatic hydroxyl groups excluding tert-OH is 2. The number of hydrogen-bond donors (Lipinski definition) is 2. The number of ether oxygens (including phenoxy) is 2. The monoisotopic (exact) mass is 430 g/mol. The number of esters is 2. The van der Waals surface area contributed by atoms with Crippen molar-refractivity contribution in [1.82, 2.24) is 0 Å². The van der Waals surface area contributed by atoms with Crippen LogP contribution in [0.15, 0.2) is 84.9 Å². The number of hydrogen-bond acceptors (Lipinski definition) is 6. The first-order valence-electron chi connectivity index (χ1n) is 9.86. The van der Waals surface area contributed by atoms with Crippen LogP contribution in [0.25, 0.3) is 12.2 Å². The van der Waals surface area contributed by atoms with Crippen LogP contribution in [0.3, 0.4) is 0 Å². The Bertz CT molecular complexity index is 1020. The lowest BCUT2D eigenvalue weighted by molar-refractivity contribution is -0.131. The molecule has 32 heavy (non-hydrogen) atoms. The number of carbonyl (C=O) groups excluding carboxylic acids is 2. The zero-order valence-corrected chi connectivity index (χ0v) is 17.2. The van der Waals surface area contributed by atoms with Crippen LogP contribution in [-0.2, 0) is 22.8 Å². The maximum absolute atomic E-state index is 12.2. The third kappa shape index (κ3) is 6.77. The molecule has 0 atom stereocenters. The predicted molar refractivity (Wildman–Crippen MR) is 121 cm³/mol. The van der Waals surface area contributed by atoms with Gasteiger partial charge in [0.25, 0.3) is 0 Å². The van der Waals surface area contributed by atoms with Crippen molar-refractivity contribution in [3.63, 3.8) is 0 Å². The Morgan fingerprint density at radius 2 is 1.00 bits per heavy atom. The molecular weight excluding hydrogens is 408 g/mol. The van der Waals surface area contributed by atoms with Crippen LogP contribution in [0, 0.1) is 0 Å². The molecule has 0 aliphatic rings. The maximum Gasteiger partial charge on any atom is 0.336 e. The van der Waals surface area contributed by atoms with E-state index in [2.05, 4.69) is 0 Å². The molecule has 6 heteroatoms. The molecule has 2 N–H and O–H groups in total. The summed E-state index contributed by atoms with van der Waals surface area (Å²) < 4.78 is 10.6. The van der Waals surface area contributed by atoms with E-state index in [0.29, 0.717) is 0 Å². The molecule has 0 saturated carbocycles. The lowest BCUT2D eigenvalue weighted by Crippen LogP contribution is -2.08. The summed E-state index contributed by atoms with van der Waals surface area (Å²) in [5.41, 5.74) is 3.10. The second-order valence-electron chi connectivity index (χ2n) is 6.75.